The maximum absolute atomic E-state index is 13.1. The smallest absolute Gasteiger partial charge is 0.146 e. The molecule has 0 aliphatic carbocycles. The highest BCUT2D eigenvalue weighted by atomic mass is 19.1. The Morgan fingerprint density at radius 3 is 2.69 bits per heavy atom. The molecule has 0 unspecified atom stereocenters. The van der Waals surface area contributed by atoms with Crippen LogP contribution in [0.4, 0.5) is 10.1 Å². The molecule has 1 N–H and O–H groups in total. The average molecular weight is 181 g/mol. The van der Waals surface area contributed by atoms with Crippen LogP contribution in [0.25, 0.3) is 0 Å². The van der Waals surface area contributed by atoms with Crippen LogP contribution in [0, 0.1) is 11.7 Å². The molecule has 1 aromatic rings. The fraction of sp³-hybridized carbons (Fsp3) is 0.455. The van der Waals surface area contributed by atoms with Gasteiger partial charge in [-0.1, -0.05) is 32.4 Å². The van der Waals surface area contributed by atoms with Gasteiger partial charge in [-0.15, -0.1) is 0 Å². The maximum atomic E-state index is 13.1. The molecule has 1 atom stereocenters. The zero-order valence-corrected chi connectivity index (χ0v) is 8.18. The van der Waals surface area contributed by atoms with E-state index in [4.69, 9.17) is 0 Å². The Labute approximate surface area is 79.0 Å². The van der Waals surface area contributed by atoms with Gasteiger partial charge in [0.25, 0.3) is 0 Å². The Hall–Kier alpha value is -1.05. The summed E-state index contributed by atoms with van der Waals surface area (Å²) in [5, 5.41) is 3.09. The number of hydrogen-bond donors (Lipinski definition) is 1. The average Bonchev–Trinajstić information content (AvgIpc) is 2.16. The third-order valence-corrected chi connectivity index (χ3v) is 2.21. The normalized spacial score (nSPS) is 12.5. The number of hydrogen-bond acceptors (Lipinski definition) is 1. The van der Waals surface area contributed by atoms with Gasteiger partial charge in [0.2, 0.25) is 0 Å². The number of nitrogens with one attached hydrogen (secondary N) is 1. The van der Waals surface area contributed by atoms with Gasteiger partial charge < -0.3 is 5.32 Å². The molecular formula is C11H16FN. The molecule has 0 saturated carbocycles. The SMILES string of the molecule is CC[C@H](C)CNc1ccccc1F. The van der Waals surface area contributed by atoms with E-state index < -0.39 is 0 Å². The molecule has 0 fully saturated rings. The van der Waals surface area contributed by atoms with Gasteiger partial charge >= 0.3 is 0 Å². The first kappa shape index (κ1) is 10.0. The predicted octanol–water partition coefficient (Wildman–Crippen LogP) is 3.28. The van der Waals surface area contributed by atoms with Gasteiger partial charge in [0, 0.05) is 6.54 Å². The third kappa shape index (κ3) is 3.05. The molecule has 1 nitrogen and oxygen atoms in total. The quantitative estimate of drug-likeness (QED) is 0.751. The highest BCUT2D eigenvalue weighted by molar-refractivity contribution is 5.44. The Kier molecular flexibility index (Phi) is 3.74. The Morgan fingerprint density at radius 1 is 1.38 bits per heavy atom. The van der Waals surface area contributed by atoms with Gasteiger partial charge in [-0.3, -0.25) is 0 Å². The van der Waals surface area contributed by atoms with Crippen molar-refractivity contribution in [2.24, 2.45) is 5.92 Å². The predicted molar refractivity (Wildman–Crippen MR) is 54.3 cm³/mol. The second-order valence-corrected chi connectivity index (χ2v) is 3.37. The third-order valence-electron chi connectivity index (χ3n) is 2.21. The van der Waals surface area contributed by atoms with Crippen molar-refractivity contribution >= 4 is 5.69 Å². The molecule has 0 radical (unpaired) electrons. The van der Waals surface area contributed by atoms with Crippen LogP contribution in [0.5, 0.6) is 0 Å². The molecule has 0 heterocycles. The molecule has 0 saturated heterocycles. The molecule has 0 aromatic heterocycles. The number of anilines is 1. The van der Waals surface area contributed by atoms with E-state index in [1.54, 1.807) is 12.1 Å². The Bertz CT molecular complexity index is 260. The molecule has 1 aromatic carbocycles. The van der Waals surface area contributed by atoms with Gasteiger partial charge in [-0.05, 0) is 18.1 Å². The highest BCUT2D eigenvalue weighted by Crippen LogP contribution is 2.13. The highest BCUT2D eigenvalue weighted by Gasteiger charge is 2.01. The summed E-state index contributed by atoms with van der Waals surface area (Å²) in [4.78, 5) is 0. The van der Waals surface area contributed by atoms with Crippen LogP contribution in [-0.2, 0) is 0 Å². The topological polar surface area (TPSA) is 12.0 Å². The Balaban J connectivity index is 2.50. The Morgan fingerprint density at radius 2 is 2.08 bits per heavy atom. The minimum absolute atomic E-state index is 0.175. The largest absolute Gasteiger partial charge is 0.382 e. The van der Waals surface area contributed by atoms with E-state index in [0.717, 1.165) is 13.0 Å². The van der Waals surface area contributed by atoms with Crippen molar-refractivity contribution in [3.8, 4) is 0 Å². The first-order chi connectivity index (χ1) is 6.24. The monoisotopic (exact) mass is 181 g/mol. The van der Waals surface area contributed by atoms with Gasteiger partial charge in [0.1, 0.15) is 5.82 Å². The summed E-state index contributed by atoms with van der Waals surface area (Å²) < 4.78 is 13.1. The molecule has 0 aliphatic rings. The summed E-state index contributed by atoms with van der Waals surface area (Å²) in [7, 11) is 0. The minimum Gasteiger partial charge on any atom is -0.382 e. The van der Waals surface area contributed by atoms with Crippen molar-refractivity contribution in [1.29, 1.82) is 0 Å². The summed E-state index contributed by atoms with van der Waals surface area (Å²) in [5.41, 5.74) is 0.600. The van der Waals surface area contributed by atoms with Crippen LogP contribution in [0.1, 0.15) is 20.3 Å². The number of halogens is 1. The molecule has 0 aliphatic heterocycles. The first-order valence-electron chi connectivity index (χ1n) is 4.72. The van der Waals surface area contributed by atoms with Crippen LogP contribution < -0.4 is 5.32 Å². The zero-order chi connectivity index (χ0) is 9.68. The van der Waals surface area contributed by atoms with Gasteiger partial charge in [-0.2, -0.15) is 0 Å². The molecule has 2 heteroatoms. The number of para-hydroxylation sites is 1. The summed E-state index contributed by atoms with van der Waals surface area (Å²) in [6.45, 7) is 5.11. The van der Waals surface area contributed by atoms with E-state index in [1.165, 1.54) is 6.07 Å². The van der Waals surface area contributed by atoms with Gasteiger partial charge in [-0.25, -0.2) is 4.39 Å². The summed E-state index contributed by atoms with van der Waals surface area (Å²) in [6.07, 6.45) is 1.11. The van der Waals surface area contributed by atoms with Gasteiger partial charge in [0.15, 0.2) is 0 Å². The summed E-state index contributed by atoms with van der Waals surface area (Å²) in [5.74, 6) is 0.408. The number of benzene rings is 1. The van der Waals surface area contributed by atoms with Crippen LogP contribution >= 0.6 is 0 Å². The van der Waals surface area contributed by atoms with Crippen LogP contribution in [0.3, 0.4) is 0 Å². The first-order valence-corrected chi connectivity index (χ1v) is 4.72. The van der Waals surface area contributed by atoms with E-state index in [1.807, 2.05) is 6.07 Å². The van der Waals surface area contributed by atoms with Gasteiger partial charge in [0.05, 0.1) is 5.69 Å². The van der Waals surface area contributed by atoms with E-state index >= 15 is 0 Å². The minimum atomic E-state index is -0.175. The zero-order valence-electron chi connectivity index (χ0n) is 8.18. The lowest BCUT2D eigenvalue weighted by molar-refractivity contribution is 0.585. The lowest BCUT2D eigenvalue weighted by Gasteiger charge is -2.11. The second kappa shape index (κ2) is 4.85. The van der Waals surface area contributed by atoms with Crippen molar-refractivity contribution in [2.75, 3.05) is 11.9 Å². The molecular weight excluding hydrogens is 165 g/mol. The summed E-state index contributed by atoms with van der Waals surface area (Å²) in [6, 6.07) is 6.77. The standard InChI is InChI=1S/C11H16FN/c1-3-9(2)8-13-11-7-5-4-6-10(11)12/h4-7,9,13H,3,8H2,1-2H3/t9-/m0/s1. The second-order valence-electron chi connectivity index (χ2n) is 3.37. The molecule has 0 spiro atoms. The lowest BCUT2D eigenvalue weighted by Crippen LogP contribution is -2.10. The molecule has 13 heavy (non-hydrogen) atoms. The fourth-order valence-corrected chi connectivity index (χ4v) is 1.03. The van der Waals surface area contributed by atoms with Crippen molar-refractivity contribution in [3.63, 3.8) is 0 Å². The molecule has 0 amide bonds. The van der Waals surface area contributed by atoms with Crippen LogP contribution in [0.2, 0.25) is 0 Å². The van der Waals surface area contributed by atoms with E-state index in [9.17, 15) is 4.39 Å². The fourth-order valence-electron chi connectivity index (χ4n) is 1.03. The van der Waals surface area contributed by atoms with Crippen LogP contribution in [-0.4, -0.2) is 6.54 Å². The number of rotatable bonds is 4. The van der Waals surface area contributed by atoms with E-state index in [-0.39, 0.29) is 5.82 Å². The molecule has 72 valence electrons. The van der Waals surface area contributed by atoms with Crippen molar-refractivity contribution in [3.05, 3.63) is 30.1 Å². The van der Waals surface area contributed by atoms with E-state index in [2.05, 4.69) is 19.2 Å². The van der Waals surface area contributed by atoms with Crippen molar-refractivity contribution in [1.82, 2.24) is 0 Å². The van der Waals surface area contributed by atoms with E-state index in [0.29, 0.717) is 11.6 Å². The molecule has 0 bridgehead atoms. The molecule has 1 rings (SSSR count). The lowest BCUT2D eigenvalue weighted by atomic mass is 10.1. The summed E-state index contributed by atoms with van der Waals surface area (Å²) >= 11 is 0. The van der Waals surface area contributed by atoms with Crippen molar-refractivity contribution in [2.45, 2.75) is 20.3 Å². The van der Waals surface area contributed by atoms with Crippen LogP contribution in [0.15, 0.2) is 24.3 Å². The maximum Gasteiger partial charge on any atom is 0.146 e. The van der Waals surface area contributed by atoms with Crippen molar-refractivity contribution < 1.29 is 4.39 Å².